The molecule has 0 bridgehead atoms. The molecule has 2 N–H and O–H groups in total. The van der Waals surface area contributed by atoms with Crippen LogP contribution in [-0.4, -0.2) is 11.0 Å². The minimum absolute atomic E-state index is 0.151. The van der Waals surface area contributed by atoms with E-state index in [-0.39, 0.29) is 16.9 Å². The van der Waals surface area contributed by atoms with Crippen LogP contribution in [0.3, 0.4) is 0 Å². The van der Waals surface area contributed by atoms with Gasteiger partial charge in [0, 0.05) is 0 Å². The summed E-state index contributed by atoms with van der Waals surface area (Å²) < 4.78 is 5.95. The third-order valence-electron chi connectivity index (χ3n) is 5.13. The molecule has 166 valence electrons. The lowest BCUT2D eigenvalue weighted by Gasteiger charge is -2.17. The molecule has 1 atom stereocenters. The molecule has 3 rings (SSSR count). The zero-order chi connectivity index (χ0) is 22.9. The van der Waals surface area contributed by atoms with E-state index in [1.165, 1.54) is 5.56 Å². The van der Waals surface area contributed by atoms with Crippen LogP contribution in [0.25, 0.3) is 0 Å². The Hall–Kier alpha value is -3.18. The monoisotopic (exact) mass is 446 g/mol. The summed E-state index contributed by atoms with van der Waals surface area (Å²) in [5.74, 6) is 0.806. The molecular formula is C27H30N2O2S. The first-order valence-electron chi connectivity index (χ1n) is 10.9. The number of benzene rings is 3. The molecule has 3 aromatic carbocycles. The second-order valence-corrected chi connectivity index (χ2v) is 8.68. The predicted octanol–water partition coefficient (Wildman–Crippen LogP) is 6.08. The summed E-state index contributed by atoms with van der Waals surface area (Å²) in [6, 6.07) is 25.7. The van der Waals surface area contributed by atoms with Crippen LogP contribution >= 0.6 is 12.2 Å². The van der Waals surface area contributed by atoms with Gasteiger partial charge < -0.3 is 15.4 Å². The number of carbonyl (C=O) groups excluding carboxylic acids is 1. The van der Waals surface area contributed by atoms with E-state index in [1.807, 2.05) is 73.7 Å². The van der Waals surface area contributed by atoms with Crippen LogP contribution in [0, 0.1) is 5.92 Å². The van der Waals surface area contributed by atoms with E-state index < -0.39 is 0 Å². The molecule has 0 aliphatic carbocycles. The summed E-state index contributed by atoms with van der Waals surface area (Å²) in [5.41, 5.74) is 4.02. The van der Waals surface area contributed by atoms with Gasteiger partial charge in [-0.1, -0.05) is 80.6 Å². The molecule has 0 fully saturated rings. The molecular weight excluding hydrogens is 416 g/mol. The van der Waals surface area contributed by atoms with Gasteiger partial charge in [-0.05, 0) is 60.3 Å². The number of hydrogen-bond donors (Lipinski definition) is 2. The fourth-order valence-electron chi connectivity index (χ4n) is 3.37. The van der Waals surface area contributed by atoms with Crippen molar-refractivity contribution in [1.82, 2.24) is 5.32 Å². The summed E-state index contributed by atoms with van der Waals surface area (Å²) in [5, 5.41) is 6.13. The Morgan fingerprint density at radius 2 is 1.53 bits per heavy atom. The average molecular weight is 447 g/mol. The summed E-state index contributed by atoms with van der Waals surface area (Å²) in [6.45, 7) is 6.72. The highest BCUT2D eigenvalue weighted by Gasteiger charge is 2.17. The van der Waals surface area contributed by atoms with E-state index in [4.69, 9.17) is 17.0 Å². The van der Waals surface area contributed by atoms with Crippen LogP contribution in [0.2, 0.25) is 0 Å². The van der Waals surface area contributed by atoms with Gasteiger partial charge in [-0.15, -0.1) is 0 Å². The Balaban J connectivity index is 1.57. The topological polar surface area (TPSA) is 50.4 Å². The van der Waals surface area contributed by atoms with Crippen molar-refractivity contribution in [2.45, 2.75) is 39.7 Å². The number of ether oxygens (including phenoxy) is 1. The van der Waals surface area contributed by atoms with Gasteiger partial charge in [-0.3, -0.25) is 4.79 Å². The molecule has 0 saturated heterocycles. The second-order valence-electron chi connectivity index (χ2n) is 8.28. The van der Waals surface area contributed by atoms with E-state index in [0.717, 1.165) is 17.5 Å². The molecule has 0 aromatic heterocycles. The maximum Gasteiger partial charge on any atom is 0.233 e. The number of carbonyl (C=O) groups is 1. The number of nitrogens with one attached hydrogen (secondary N) is 2. The molecule has 5 heteroatoms. The van der Waals surface area contributed by atoms with Crippen molar-refractivity contribution in [2.24, 2.45) is 5.92 Å². The molecule has 0 aliphatic heterocycles. The van der Waals surface area contributed by atoms with Crippen LogP contribution in [-0.2, 0) is 17.8 Å². The Labute approximate surface area is 196 Å². The lowest BCUT2D eigenvalue weighted by atomic mass is 9.96. The molecule has 32 heavy (non-hydrogen) atoms. The predicted molar refractivity (Wildman–Crippen MR) is 135 cm³/mol. The van der Waals surface area contributed by atoms with Crippen molar-refractivity contribution in [1.29, 1.82) is 0 Å². The number of amides is 1. The van der Waals surface area contributed by atoms with Gasteiger partial charge in [0.2, 0.25) is 5.91 Å². The standard InChI is InChI=1S/C27H30N2O2S/c1-19(2)17-21-13-15-23(16-14-21)20(3)26(30)29-27(32)28-24-11-7-8-12-25(24)31-18-22-9-5-4-6-10-22/h4-16,19-20H,17-18H2,1-3H3,(H2,28,29,30,32). The SMILES string of the molecule is CC(C)Cc1ccc(C(C)C(=O)NC(=S)Nc2ccccc2OCc2ccccc2)cc1. The maximum atomic E-state index is 12.7. The molecule has 3 aromatic rings. The first-order valence-corrected chi connectivity index (χ1v) is 11.3. The van der Waals surface area contributed by atoms with Gasteiger partial charge in [0.25, 0.3) is 0 Å². The Morgan fingerprint density at radius 3 is 2.22 bits per heavy atom. The first kappa shape index (κ1) is 23.5. The number of hydrogen-bond acceptors (Lipinski definition) is 3. The van der Waals surface area contributed by atoms with Crippen molar-refractivity contribution in [3.63, 3.8) is 0 Å². The summed E-state index contributed by atoms with van der Waals surface area (Å²) in [6.07, 6.45) is 1.03. The van der Waals surface area contributed by atoms with Gasteiger partial charge in [-0.2, -0.15) is 0 Å². The van der Waals surface area contributed by atoms with Crippen LogP contribution < -0.4 is 15.4 Å². The van der Waals surface area contributed by atoms with E-state index in [1.54, 1.807) is 0 Å². The molecule has 4 nitrogen and oxygen atoms in total. The van der Waals surface area contributed by atoms with Crippen molar-refractivity contribution >= 4 is 28.9 Å². The minimum Gasteiger partial charge on any atom is -0.487 e. The Bertz CT molecular complexity index is 1030. The van der Waals surface area contributed by atoms with Gasteiger partial charge in [0.1, 0.15) is 12.4 Å². The first-order chi connectivity index (χ1) is 15.4. The summed E-state index contributed by atoms with van der Waals surface area (Å²) in [7, 11) is 0. The van der Waals surface area contributed by atoms with E-state index in [0.29, 0.717) is 24.0 Å². The maximum absolute atomic E-state index is 12.7. The van der Waals surface area contributed by atoms with Crippen LogP contribution in [0.5, 0.6) is 5.75 Å². The zero-order valence-corrected chi connectivity index (χ0v) is 19.6. The van der Waals surface area contributed by atoms with Crippen molar-refractivity contribution in [3.05, 3.63) is 95.6 Å². The number of thiocarbonyl (C=S) groups is 1. The minimum atomic E-state index is -0.313. The van der Waals surface area contributed by atoms with Crippen LogP contribution in [0.4, 0.5) is 5.69 Å². The fraction of sp³-hybridized carbons (Fsp3) is 0.259. The van der Waals surface area contributed by atoms with Crippen LogP contribution in [0.1, 0.15) is 43.4 Å². The van der Waals surface area contributed by atoms with Gasteiger partial charge in [0.15, 0.2) is 5.11 Å². The Morgan fingerprint density at radius 1 is 0.875 bits per heavy atom. The van der Waals surface area contributed by atoms with E-state index >= 15 is 0 Å². The number of anilines is 1. The van der Waals surface area contributed by atoms with Crippen molar-refractivity contribution in [2.75, 3.05) is 5.32 Å². The quantitative estimate of drug-likeness (QED) is 0.412. The third-order valence-corrected chi connectivity index (χ3v) is 5.33. The summed E-state index contributed by atoms with van der Waals surface area (Å²) in [4.78, 5) is 12.7. The van der Waals surface area contributed by atoms with Gasteiger partial charge in [0.05, 0.1) is 11.6 Å². The molecule has 0 spiro atoms. The summed E-state index contributed by atoms with van der Waals surface area (Å²) >= 11 is 5.39. The largest absolute Gasteiger partial charge is 0.487 e. The van der Waals surface area contributed by atoms with Gasteiger partial charge >= 0.3 is 0 Å². The lowest BCUT2D eigenvalue weighted by Crippen LogP contribution is -2.36. The van der Waals surface area contributed by atoms with Gasteiger partial charge in [-0.25, -0.2) is 0 Å². The highest BCUT2D eigenvalue weighted by Crippen LogP contribution is 2.25. The Kier molecular flexibility index (Phi) is 8.40. The zero-order valence-electron chi connectivity index (χ0n) is 18.8. The molecule has 0 aliphatic rings. The third kappa shape index (κ3) is 6.92. The molecule has 0 saturated carbocycles. The van der Waals surface area contributed by atoms with Crippen LogP contribution in [0.15, 0.2) is 78.9 Å². The fourth-order valence-corrected chi connectivity index (χ4v) is 3.58. The van der Waals surface area contributed by atoms with Crippen molar-refractivity contribution < 1.29 is 9.53 Å². The highest BCUT2D eigenvalue weighted by atomic mass is 32.1. The average Bonchev–Trinajstić information content (AvgIpc) is 2.78. The van der Waals surface area contributed by atoms with E-state index in [2.05, 4.69) is 36.6 Å². The van der Waals surface area contributed by atoms with Crippen molar-refractivity contribution in [3.8, 4) is 5.75 Å². The molecule has 1 unspecified atom stereocenters. The smallest absolute Gasteiger partial charge is 0.233 e. The second kappa shape index (κ2) is 11.4. The molecule has 1 amide bonds. The highest BCUT2D eigenvalue weighted by molar-refractivity contribution is 7.80. The molecule has 0 radical (unpaired) electrons. The van der Waals surface area contributed by atoms with E-state index in [9.17, 15) is 4.79 Å². The normalized spacial score (nSPS) is 11.6. The number of para-hydroxylation sites is 2. The molecule has 0 heterocycles. The lowest BCUT2D eigenvalue weighted by molar-refractivity contribution is -0.120. The number of rotatable bonds is 8.